The molecule has 2 aromatic carbocycles. The first-order valence-corrected chi connectivity index (χ1v) is 11.4. The third-order valence-electron chi connectivity index (χ3n) is 5.26. The van der Waals surface area contributed by atoms with Gasteiger partial charge in [-0.25, -0.2) is 8.78 Å². The van der Waals surface area contributed by atoms with Crippen molar-refractivity contribution >= 4 is 28.8 Å². The van der Waals surface area contributed by atoms with Crippen LogP contribution in [0.3, 0.4) is 0 Å². The monoisotopic (exact) mass is 477 g/mol. The number of halogens is 3. The Morgan fingerprint density at radius 3 is 2.31 bits per heavy atom. The molecule has 168 valence electrons. The molecule has 0 aliphatic carbocycles. The van der Waals surface area contributed by atoms with Gasteiger partial charge in [0.05, 0.1) is 6.54 Å². The quantitative estimate of drug-likeness (QED) is 0.562. The van der Waals surface area contributed by atoms with Crippen molar-refractivity contribution in [1.29, 1.82) is 0 Å². The van der Waals surface area contributed by atoms with Crippen LogP contribution >= 0.6 is 22.9 Å². The molecular formula is C22H22ClF2N5OS. The summed E-state index contributed by atoms with van der Waals surface area (Å²) in [7, 11) is 0. The summed E-state index contributed by atoms with van der Waals surface area (Å²) in [6.45, 7) is 5.04. The Morgan fingerprint density at radius 1 is 0.969 bits per heavy atom. The highest BCUT2D eigenvalue weighted by atomic mass is 35.5. The van der Waals surface area contributed by atoms with Gasteiger partial charge in [-0.2, -0.15) is 0 Å². The van der Waals surface area contributed by atoms with Gasteiger partial charge in [-0.3, -0.25) is 14.6 Å². The molecule has 0 unspecified atom stereocenters. The highest BCUT2D eigenvalue weighted by Gasteiger charge is 2.20. The molecule has 1 N–H and O–H groups in total. The van der Waals surface area contributed by atoms with Crippen LogP contribution in [0, 0.1) is 11.6 Å². The number of rotatable bonds is 7. The van der Waals surface area contributed by atoms with Crippen molar-refractivity contribution in [1.82, 2.24) is 25.3 Å². The van der Waals surface area contributed by atoms with E-state index < -0.39 is 0 Å². The summed E-state index contributed by atoms with van der Waals surface area (Å²) in [6, 6.07) is 10.5. The Kier molecular flexibility index (Phi) is 7.41. The van der Waals surface area contributed by atoms with E-state index in [1.807, 2.05) is 0 Å². The summed E-state index contributed by atoms with van der Waals surface area (Å²) in [5.41, 5.74) is 1.73. The normalized spacial score (nSPS) is 15.1. The van der Waals surface area contributed by atoms with Crippen LogP contribution in [-0.4, -0.2) is 52.1 Å². The van der Waals surface area contributed by atoms with Gasteiger partial charge in [-0.1, -0.05) is 41.1 Å². The van der Waals surface area contributed by atoms with Gasteiger partial charge in [0.2, 0.25) is 5.01 Å². The van der Waals surface area contributed by atoms with Gasteiger partial charge >= 0.3 is 0 Å². The standard InChI is InChI=1S/C22H22ClF2N5OS/c23-19-11-18(25)6-3-16(19)13-29-7-9-30(10-8-29)14-20-27-28-22(32-20)21(31)26-12-15-1-4-17(24)5-2-15/h1-6,11H,7-10,12-14H2,(H,26,31). The molecule has 0 saturated carbocycles. The largest absolute Gasteiger partial charge is 0.346 e. The van der Waals surface area contributed by atoms with Crippen LogP contribution < -0.4 is 5.32 Å². The lowest BCUT2D eigenvalue weighted by Gasteiger charge is -2.34. The van der Waals surface area contributed by atoms with E-state index in [4.69, 9.17) is 11.6 Å². The highest BCUT2D eigenvalue weighted by molar-refractivity contribution is 7.13. The van der Waals surface area contributed by atoms with Crippen LogP contribution in [-0.2, 0) is 19.6 Å². The molecule has 0 bridgehead atoms. The van der Waals surface area contributed by atoms with E-state index in [-0.39, 0.29) is 17.5 Å². The van der Waals surface area contributed by atoms with Gasteiger partial charge in [-0.05, 0) is 35.4 Å². The van der Waals surface area contributed by atoms with Crippen LogP contribution in [0.2, 0.25) is 5.02 Å². The average molecular weight is 478 g/mol. The van der Waals surface area contributed by atoms with E-state index in [1.54, 1.807) is 18.2 Å². The molecule has 0 radical (unpaired) electrons. The van der Waals surface area contributed by atoms with Crippen LogP contribution in [0.15, 0.2) is 42.5 Å². The van der Waals surface area contributed by atoms with Gasteiger partial charge in [0, 0.05) is 44.3 Å². The van der Waals surface area contributed by atoms with Crippen molar-refractivity contribution in [3.8, 4) is 0 Å². The topological polar surface area (TPSA) is 61.4 Å². The molecule has 2 heterocycles. The fraction of sp³-hybridized carbons (Fsp3) is 0.318. The minimum Gasteiger partial charge on any atom is -0.346 e. The molecule has 1 aliphatic heterocycles. The Bertz CT molecular complexity index is 1070. The molecule has 4 rings (SSSR count). The van der Waals surface area contributed by atoms with Crippen molar-refractivity contribution in [3.05, 3.63) is 80.3 Å². The number of nitrogens with one attached hydrogen (secondary N) is 1. The van der Waals surface area contributed by atoms with Gasteiger partial charge in [0.25, 0.3) is 5.91 Å². The molecule has 10 heteroatoms. The lowest BCUT2D eigenvalue weighted by Crippen LogP contribution is -2.45. The number of carbonyl (C=O) groups excluding carboxylic acids is 1. The van der Waals surface area contributed by atoms with Gasteiger partial charge in [-0.15, -0.1) is 10.2 Å². The average Bonchev–Trinajstić information content (AvgIpc) is 3.25. The molecular weight excluding hydrogens is 456 g/mol. The number of aromatic nitrogens is 2. The minimum absolute atomic E-state index is 0.293. The Labute approximate surface area is 193 Å². The first-order valence-electron chi connectivity index (χ1n) is 10.2. The Morgan fingerprint density at radius 2 is 1.62 bits per heavy atom. The maximum absolute atomic E-state index is 13.2. The van der Waals surface area contributed by atoms with E-state index in [9.17, 15) is 13.6 Å². The maximum atomic E-state index is 13.2. The molecule has 1 saturated heterocycles. The number of hydrogen-bond donors (Lipinski definition) is 1. The van der Waals surface area contributed by atoms with Crippen molar-refractivity contribution in [2.45, 2.75) is 19.6 Å². The summed E-state index contributed by atoms with van der Waals surface area (Å²) in [5.74, 6) is -0.933. The molecule has 3 aromatic rings. The molecule has 1 amide bonds. The van der Waals surface area contributed by atoms with E-state index in [2.05, 4.69) is 25.3 Å². The zero-order valence-electron chi connectivity index (χ0n) is 17.2. The first kappa shape index (κ1) is 22.7. The second-order valence-electron chi connectivity index (χ2n) is 7.60. The number of benzene rings is 2. The van der Waals surface area contributed by atoms with E-state index in [0.29, 0.717) is 29.7 Å². The number of amides is 1. The van der Waals surface area contributed by atoms with Crippen molar-refractivity contribution in [2.75, 3.05) is 26.2 Å². The summed E-state index contributed by atoms with van der Waals surface area (Å²) < 4.78 is 26.2. The second-order valence-corrected chi connectivity index (χ2v) is 9.07. The zero-order valence-corrected chi connectivity index (χ0v) is 18.8. The fourth-order valence-electron chi connectivity index (χ4n) is 3.46. The first-order chi connectivity index (χ1) is 15.5. The zero-order chi connectivity index (χ0) is 22.5. The Balaban J connectivity index is 1.23. The number of carbonyl (C=O) groups is 1. The van der Waals surface area contributed by atoms with Crippen LogP contribution in [0.1, 0.15) is 25.9 Å². The summed E-state index contributed by atoms with van der Waals surface area (Å²) >= 11 is 7.41. The van der Waals surface area contributed by atoms with Crippen LogP contribution in [0.4, 0.5) is 8.78 Å². The minimum atomic E-state index is -0.330. The highest BCUT2D eigenvalue weighted by Crippen LogP contribution is 2.20. The van der Waals surface area contributed by atoms with Crippen LogP contribution in [0.5, 0.6) is 0 Å². The molecule has 32 heavy (non-hydrogen) atoms. The molecule has 6 nitrogen and oxygen atoms in total. The van der Waals surface area contributed by atoms with Gasteiger partial charge in [0.15, 0.2) is 0 Å². The smallest absolute Gasteiger partial charge is 0.282 e. The maximum Gasteiger partial charge on any atom is 0.282 e. The number of nitrogens with zero attached hydrogens (tertiary/aromatic N) is 4. The summed E-state index contributed by atoms with van der Waals surface area (Å²) in [5, 5.41) is 12.5. The van der Waals surface area contributed by atoms with E-state index in [0.717, 1.165) is 42.3 Å². The lowest BCUT2D eigenvalue weighted by atomic mass is 10.2. The third-order valence-corrected chi connectivity index (χ3v) is 6.52. The molecule has 0 spiro atoms. The van der Waals surface area contributed by atoms with E-state index in [1.165, 1.54) is 35.6 Å². The Hall–Kier alpha value is -2.46. The molecule has 1 fully saturated rings. The van der Waals surface area contributed by atoms with Crippen LogP contribution in [0.25, 0.3) is 0 Å². The summed E-state index contributed by atoms with van der Waals surface area (Å²) in [4.78, 5) is 16.9. The predicted molar refractivity (Wildman–Crippen MR) is 119 cm³/mol. The van der Waals surface area contributed by atoms with E-state index >= 15 is 0 Å². The van der Waals surface area contributed by atoms with Gasteiger partial charge in [0.1, 0.15) is 16.6 Å². The second kappa shape index (κ2) is 10.4. The molecule has 0 atom stereocenters. The lowest BCUT2D eigenvalue weighted by molar-refractivity contribution is 0.0950. The molecule has 1 aliphatic rings. The van der Waals surface area contributed by atoms with Crippen molar-refractivity contribution in [3.63, 3.8) is 0 Å². The van der Waals surface area contributed by atoms with Crippen molar-refractivity contribution < 1.29 is 13.6 Å². The predicted octanol–water partition coefficient (Wildman–Crippen LogP) is 3.72. The molecule has 1 aromatic heterocycles. The summed E-state index contributed by atoms with van der Waals surface area (Å²) in [6.07, 6.45) is 0. The van der Waals surface area contributed by atoms with Gasteiger partial charge < -0.3 is 5.32 Å². The number of piperazine rings is 1. The SMILES string of the molecule is O=C(NCc1ccc(F)cc1)c1nnc(CN2CCN(Cc3ccc(F)cc3Cl)CC2)s1. The third kappa shape index (κ3) is 6.07. The number of hydrogen-bond acceptors (Lipinski definition) is 6. The fourth-order valence-corrected chi connectivity index (χ4v) is 4.48. The van der Waals surface area contributed by atoms with Crippen molar-refractivity contribution in [2.24, 2.45) is 0 Å².